The van der Waals surface area contributed by atoms with Gasteiger partial charge in [-0.3, -0.25) is 4.79 Å². The van der Waals surface area contributed by atoms with Gasteiger partial charge in [0.1, 0.15) is 6.61 Å². The first-order valence-corrected chi connectivity index (χ1v) is 8.81. The zero-order chi connectivity index (χ0) is 18.4. The Balaban J connectivity index is 1.85. The Hall–Kier alpha value is -3.07. The molecule has 3 aromatic rings. The van der Waals surface area contributed by atoms with Crippen LogP contribution in [0.2, 0.25) is 0 Å². The van der Waals surface area contributed by atoms with Gasteiger partial charge < -0.3 is 9.64 Å². The van der Waals surface area contributed by atoms with Crippen molar-refractivity contribution in [2.45, 2.75) is 20.5 Å². The summed E-state index contributed by atoms with van der Waals surface area (Å²) < 4.78 is 5.31. The molecule has 0 aliphatic carbocycles. The fraction of sp³-hybridized carbons (Fsp3) is 0.174. The molecule has 0 aliphatic heterocycles. The van der Waals surface area contributed by atoms with Crippen LogP contribution in [0.15, 0.2) is 84.9 Å². The number of nitrogens with zero attached hydrogens (tertiary/aromatic N) is 1. The molecular formula is C23H23NO2. The van der Waals surface area contributed by atoms with E-state index >= 15 is 0 Å². The van der Waals surface area contributed by atoms with Crippen LogP contribution in [-0.4, -0.2) is 5.97 Å². The van der Waals surface area contributed by atoms with Gasteiger partial charge in [-0.15, -0.1) is 0 Å². The second-order valence-electron chi connectivity index (χ2n) is 6.44. The molecule has 0 saturated heterocycles. The molecule has 3 rings (SSSR count). The number of rotatable bonds is 6. The predicted octanol–water partition coefficient (Wildman–Crippen LogP) is 5.86. The summed E-state index contributed by atoms with van der Waals surface area (Å²) in [7, 11) is 0. The van der Waals surface area contributed by atoms with Gasteiger partial charge in [-0.25, -0.2) is 0 Å². The highest BCUT2D eigenvalue weighted by Crippen LogP contribution is 2.34. The third kappa shape index (κ3) is 4.31. The van der Waals surface area contributed by atoms with Gasteiger partial charge in [0.25, 0.3) is 0 Å². The molecule has 0 saturated carbocycles. The van der Waals surface area contributed by atoms with E-state index in [-0.39, 0.29) is 11.9 Å². The van der Waals surface area contributed by atoms with Crippen LogP contribution in [0.3, 0.4) is 0 Å². The van der Waals surface area contributed by atoms with E-state index in [1.165, 1.54) is 0 Å². The van der Waals surface area contributed by atoms with Gasteiger partial charge in [0.05, 0.1) is 5.92 Å². The minimum atomic E-state index is -0.177. The number of hydrogen-bond acceptors (Lipinski definition) is 3. The molecule has 0 amide bonds. The van der Waals surface area contributed by atoms with Crippen LogP contribution in [0.5, 0.6) is 0 Å². The van der Waals surface area contributed by atoms with Crippen molar-refractivity contribution >= 4 is 23.0 Å². The van der Waals surface area contributed by atoms with Crippen molar-refractivity contribution in [1.82, 2.24) is 0 Å². The van der Waals surface area contributed by atoms with E-state index in [0.717, 1.165) is 22.6 Å². The average molecular weight is 345 g/mol. The van der Waals surface area contributed by atoms with E-state index in [1.54, 1.807) is 0 Å². The Morgan fingerprint density at radius 3 is 1.69 bits per heavy atom. The molecule has 0 bridgehead atoms. The Bertz CT molecular complexity index is 788. The van der Waals surface area contributed by atoms with Gasteiger partial charge in [0, 0.05) is 17.1 Å². The third-order valence-corrected chi connectivity index (χ3v) is 4.08. The summed E-state index contributed by atoms with van der Waals surface area (Å²) in [5.74, 6) is -0.287. The largest absolute Gasteiger partial charge is 0.461 e. The first-order valence-electron chi connectivity index (χ1n) is 8.81. The van der Waals surface area contributed by atoms with Crippen LogP contribution in [0, 0.1) is 5.92 Å². The second-order valence-corrected chi connectivity index (χ2v) is 6.44. The molecule has 3 aromatic carbocycles. The van der Waals surface area contributed by atoms with E-state index in [4.69, 9.17) is 4.74 Å². The van der Waals surface area contributed by atoms with Crippen molar-refractivity contribution in [1.29, 1.82) is 0 Å². The van der Waals surface area contributed by atoms with Gasteiger partial charge in [0.2, 0.25) is 0 Å². The maximum Gasteiger partial charge on any atom is 0.308 e. The fourth-order valence-corrected chi connectivity index (χ4v) is 2.66. The maximum absolute atomic E-state index is 11.6. The zero-order valence-corrected chi connectivity index (χ0v) is 15.1. The van der Waals surface area contributed by atoms with Crippen molar-refractivity contribution in [3.8, 4) is 0 Å². The summed E-state index contributed by atoms with van der Waals surface area (Å²) >= 11 is 0. The van der Waals surface area contributed by atoms with E-state index in [1.807, 2.05) is 62.4 Å². The quantitative estimate of drug-likeness (QED) is 0.524. The van der Waals surface area contributed by atoms with Crippen LogP contribution in [0.1, 0.15) is 19.4 Å². The molecule has 3 nitrogen and oxygen atoms in total. The lowest BCUT2D eigenvalue weighted by molar-refractivity contribution is -0.148. The Kier molecular flexibility index (Phi) is 5.69. The molecule has 0 spiro atoms. The molecule has 0 fully saturated rings. The molecule has 0 atom stereocenters. The number of para-hydroxylation sites is 2. The van der Waals surface area contributed by atoms with Crippen molar-refractivity contribution in [2.75, 3.05) is 4.90 Å². The van der Waals surface area contributed by atoms with Gasteiger partial charge >= 0.3 is 5.97 Å². The fourth-order valence-electron chi connectivity index (χ4n) is 2.66. The molecular weight excluding hydrogens is 322 g/mol. The number of anilines is 3. The molecule has 0 heterocycles. The normalized spacial score (nSPS) is 10.6. The minimum Gasteiger partial charge on any atom is -0.461 e. The molecule has 132 valence electrons. The minimum absolute atomic E-state index is 0.110. The van der Waals surface area contributed by atoms with Crippen LogP contribution in [0.25, 0.3) is 0 Å². The van der Waals surface area contributed by atoms with Crippen LogP contribution in [-0.2, 0) is 16.1 Å². The highest BCUT2D eigenvalue weighted by Gasteiger charge is 2.12. The van der Waals surface area contributed by atoms with Crippen molar-refractivity contribution in [2.24, 2.45) is 5.92 Å². The van der Waals surface area contributed by atoms with E-state index < -0.39 is 0 Å². The summed E-state index contributed by atoms with van der Waals surface area (Å²) in [6, 6.07) is 28.6. The van der Waals surface area contributed by atoms with E-state index in [9.17, 15) is 4.79 Å². The summed E-state index contributed by atoms with van der Waals surface area (Å²) in [6.07, 6.45) is 0. The first kappa shape index (κ1) is 17.7. The average Bonchev–Trinajstić information content (AvgIpc) is 2.69. The molecule has 0 radical (unpaired) electrons. The zero-order valence-electron chi connectivity index (χ0n) is 15.1. The van der Waals surface area contributed by atoms with Crippen LogP contribution in [0.4, 0.5) is 17.1 Å². The Labute approximate surface area is 154 Å². The molecule has 0 aliphatic rings. The first-order chi connectivity index (χ1) is 12.6. The topological polar surface area (TPSA) is 29.5 Å². The summed E-state index contributed by atoms with van der Waals surface area (Å²) in [5.41, 5.74) is 4.22. The molecule has 3 heteroatoms. The lowest BCUT2D eigenvalue weighted by atomic mass is 10.1. The smallest absolute Gasteiger partial charge is 0.308 e. The number of carbonyl (C=O) groups excluding carboxylic acids is 1. The Morgan fingerprint density at radius 2 is 1.23 bits per heavy atom. The molecule has 26 heavy (non-hydrogen) atoms. The van der Waals surface area contributed by atoms with E-state index in [0.29, 0.717) is 6.61 Å². The number of hydrogen-bond donors (Lipinski definition) is 0. The Morgan fingerprint density at radius 1 is 0.769 bits per heavy atom. The third-order valence-electron chi connectivity index (χ3n) is 4.08. The lowest BCUT2D eigenvalue weighted by Gasteiger charge is -2.25. The SMILES string of the molecule is CC(C)C(=O)OCc1ccc(N(c2ccccc2)c2ccccc2)cc1. The van der Waals surface area contributed by atoms with Gasteiger partial charge in [-0.1, -0.05) is 62.4 Å². The van der Waals surface area contributed by atoms with Gasteiger partial charge in [-0.05, 0) is 42.0 Å². The van der Waals surface area contributed by atoms with Crippen LogP contribution < -0.4 is 4.90 Å². The number of carbonyl (C=O) groups is 1. The number of ether oxygens (including phenoxy) is 1. The van der Waals surface area contributed by atoms with E-state index in [2.05, 4.69) is 41.3 Å². The summed E-state index contributed by atoms with van der Waals surface area (Å²) in [5, 5.41) is 0. The van der Waals surface area contributed by atoms with Gasteiger partial charge in [-0.2, -0.15) is 0 Å². The monoisotopic (exact) mass is 345 g/mol. The van der Waals surface area contributed by atoms with Gasteiger partial charge in [0.15, 0.2) is 0 Å². The lowest BCUT2D eigenvalue weighted by Crippen LogP contribution is -2.12. The maximum atomic E-state index is 11.6. The predicted molar refractivity (Wildman–Crippen MR) is 106 cm³/mol. The number of benzene rings is 3. The summed E-state index contributed by atoms with van der Waals surface area (Å²) in [4.78, 5) is 13.8. The highest BCUT2D eigenvalue weighted by atomic mass is 16.5. The van der Waals surface area contributed by atoms with Crippen LogP contribution >= 0.6 is 0 Å². The number of esters is 1. The highest BCUT2D eigenvalue weighted by molar-refractivity contribution is 5.76. The molecule has 0 N–H and O–H groups in total. The molecule has 0 unspecified atom stereocenters. The summed E-state index contributed by atoms with van der Waals surface area (Å²) in [6.45, 7) is 3.97. The van der Waals surface area contributed by atoms with Crippen molar-refractivity contribution in [3.05, 3.63) is 90.5 Å². The van der Waals surface area contributed by atoms with Crippen molar-refractivity contribution < 1.29 is 9.53 Å². The standard InChI is InChI=1S/C23H23NO2/c1-18(2)23(25)26-17-19-13-15-22(16-14-19)24(20-9-5-3-6-10-20)21-11-7-4-8-12-21/h3-16,18H,17H2,1-2H3. The van der Waals surface area contributed by atoms with Crippen molar-refractivity contribution in [3.63, 3.8) is 0 Å². The second kappa shape index (κ2) is 8.34. The molecule has 0 aromatic heterocycles.